The molecule has 2 fully saturated rings. The lowest BCUT2D eigenvalue weighted by Crippen LogP contribution is -2.56. The predicted molar refractivity (Wildman–Crippen MR) is 85.3 cm³/mol. The van der Waals surface area contributed by atoms with Crippen molar-refractivity contribution in [3.05, 3.63) is 24.3 Å². The van der Waals surface area contributed by atoms with Gasteiger partial charge in [-0.25, -0.2) is 0 Å². The third-order valence-electron chi connectivity index (χ3n) is 4.22. The van der Waals surface area contributed by atoms with Crippen LogP contribution in [0.5, 0.6) is 0 Å². The molecule has 0 bridgehead atoms. The highest BCUT2D eigenvalue weighted by atomic mass is 16.2. The summed E-state index contributed by atoms with van der Waals surface area (Å²) < 4.78 is 0. The van der Waals surface area contributed by atoms with E-state index in [1.165, 1.54) is 0 Å². The topological polar surface area (TPSA) is 99.3 Å². The highest BCUT2D eigenvalue weighted by Crippen LogP contribution is 2.29. The summed E-state index contributed by atoms with van der Waals surface area (Å²) in [6.07, 6.45) is 12.6. The Kier molecular flexibility index (Phi) is 5.35. The molecule has 4 N–H and O–H groups in total. The number of allylic oxidation sites excluding steroid dienone is 2. The minimum Gasteiger partial charge on any atom is -0.385 e. The summed E-state index contributed by atoms with van der Waals surface area (Å²) in [5, 5.41) is 10.4. The van der Waals surface area contributed by atoms with Crippen molar-refractivity contribution in [2.24, 2.45) is 5.73 Å². The standard InChI is InChI=1S/C11H15N3O.C5H9NO/c12-10(13)11(6-2-1-3-7-11)14-8-4-5-9(14)15;7-5-3-1-2-4-6-5/h1-3,6H,4-5,7-8H2,(H3,12,13);1-4H2,(H,6,7). The zero-order valence-corrected chi connectivity index (χ0v) is 12.8. The molecule has 3 aliphatic rings. The molecule has 2 saturated heterocycles. The van der Waals surface area contributed by atoms with Crippen LogP contribution in [0, 0.1) is 5.41 Å². The number of likely N-dealkylation sites (tertiary alicyclic amines) is 1. The van der Waals surface area contributed by atoms with E-state index in [-0.39, 0.29) is 17.6 Å². The van der Waals surface area contributed by atoms with Crippen molar-refractivity contribution in [2.75, 3.05) is 13.1 Å². The SMILES string of the molecule is N=C(N)C1(N2CCCC2=O)C=CC=CC1.O=C1CCCCN1. The fourth-order valence-electron chi connectivity index (χ4n) is 2.95. The van der Waals surface area contributed by atoms with Crippen LogP contribution >= 0.6 is 0 Å². The van der Waals surface area contributed by atoms with Crippen LogP contribution in [0.1, 0.15) is 38.5 Å². The van der Waals surface area contributed by atoms with E-state index in [2.05, 4.69) is 5.32 Å². The minimum atomic E-state index is -0.692. The number of hydrogen-bond acceptors (Lipinski definition) is 3. The second-order valence-corrected chi connectivity index (χ2v) is 5.79. The number of piperidine rings is 1. The van der Waals surface area contributed by atoms with Crippen LogP contribution in [0.15, 0.2) is 24.3 Å². The van der Waals surface area contributed by atoms with Crippen LogP contribution in [0.3, 0.4) is 0 Å². The van der Waals surface area contributed by atoms with Crippen molar-refractivity contribution in [2.45, 2.75) is 44.1 Å². The van der Waals surface area contributed by atoms with Gasteiger partial charge in [-0.05, 0) is 25.7 Å². The van der Waals surface area contributed by atoms with Crippen LogP contribution in [0.2, 0.25) is 0 Å². The Morgan fingerprint density at radius 2 is 2.05 bits per heavy atom. The molecule has 1 aliphatic carbocycles. The largest absolute Gasteiger partial charge is 0.385 e. The number of amides is 2. The summed E-state index contributed by atoms with van der Waals surface area (Å²) >= 11 is 0. The molecule has 1 unspecified atom stereocenters. The summed E-state index contributed by atoms with van der Waals surface area (Å²) in [7, 11) is 0. The van der Waals surface area contributed by atoms with E-state index in [1.54, 1.807) is 4.90 Å². The van der Waals surface area contributed by atoms with Crippen molar-refractivity contribution in [1.29, 1.82) is 5.41 Å². The third-order valence-corrected chi connectivity index (χ3v) is 4.22. The van der Waals surface area contributed by atoms with Crippen molar-refractivity contribution in [1.82, 2.24) is 10.2 Å². The zero-order valence-electron chi connectivity index (χ0n) is 12.8. The average Bonchev–Trinajstić information content (AvgIpc) is 2.96. The molecule has 0 aromatic rings. The summed E-state index contributed by atoms with van der Waals surface area (Å²) in [4.78, 5) is 23.8. The van der Waals surface area contributed by atoms with E-state index >= 15 is 0 Å². The van der Waals surface area contributed by atoms with Gasteiger partial charge in [0.15, 0.2) is 0 Å². The lowest BCUT2D eigenvalue weighted by molar-refractivity contribution is -0.130. The quantitative estimate of drug-likeness (QED) is 0.526. The van der Waals surface area contributed by atoms with Crippen molar-refractivity contribution in [3.63, 3.8) is 0 Å². The maximum Gasteiger partial charge on any atom is 0.223 e. The fraction of sp³-hybridized carbons (Fsp3) is 0.562. The molecule has 2 aliphatic heterocycles. The second-order valence-electron chi connectivity index (χ2n) is 5.79. The summed E-state index contributed by atoms with van der Waals surface area (Å²) in [5.74, 6) is 0.370. The molecule has 3 rings (SSSR count). The molecule has 2 amide bonds. The number of carbonyl (C=O) groups is 2. The number of rotatable bonds is 2. The van der Waals surface area contributed by atoms with Crippen LogP contribution in [-0.2, 0) is 9.59 Å². The Labute approximate surface area is 130 Å². The van der Waals surface area contributed by atoms with Gasteiger partial charge in [-0.2, -0.15) is 0 Å². The van der Waals surface area contributed by atoms with E-state index in [4.69, 9.17) is 11.1 Å². The average molecular weight is 304 g/mol. The molecular weight excluding hydrogens is 280 g/mol. The number of carbonyl (C=O) groups excluding carboxylic acids is 2. The lowest BCUT2D eigenvalue weighted by atomic mass is 9.88. The number of nitrogens with two attached hydrogens (primary N) is 1. The maximum absolute atomic E-state index is 11.7. The third kappa shape index (κ3) is 3.55. The molecular formula is C16H24N4O2. The van der Waals surface area contributed by atoms with Crippen LogP contribution in [0.4, 0.5) is 0 Å². The Balaban J connectivity index is 0.000000211. The van der Waals surface area contributed by atoms with E-state index in [1.807, 2.05) is 24.3 Å². The highest BCUT2D eigenvalue weighted by Gasteiger charge is 2.42. The van der Waals surface area contributed by atoms with Gasteiger partial charge in [-0.15, -0.1) is 0 Å². The molecule has 0 radical (unpaired) electrons. The van der Waals surface area contributed by atoms with E-state index in [0.717, 1.165) is 32.2 Å². The minimum absolute atomic E-state index is 0.0540. The normalized spacial score (nSPS) is 27.2. The summed E-state index contributed by atoms with van der Waals surface area (Å²) in [6.45, 7) is 1.59. The molecule has 6 nitrogen and oxygen atoms in total. The van der Waals surface area contributed by atoms with E-state index in [0.29, 0.717) is 19.4 Å². The number of hydrogen-bond donors (Lipinski definition) is 3. The first kappa shape index (κ1) is 16.3. The Morgan fingerprint density at radius 3 is 2.45 bits per heavy atom. The lowest BCUT2D eigenvalue weighted by Gasteiger charge is -2.39. The van der Waals surface area contributed by atoms with E-state index in [9.17, 15) is 9.59 Å². The second kappa shape index (κ2) is 7.24. The van der Waals surface area contributed by atoms with Gasteiger partial charge >= 0.3 is 0 Å². The Morgan fingerprint density at radius 1 is 1.23 bits per heavy atom. The van der Waals surface area contributed by atoms with E-state index < -0.39 is 5.54 Å². The van der Waals surface area contributed by atoms with Gasteiger partial charge in [0, 0.05) is 25.9 Å². The molecule has 0 aromatic heterocycles. The first-order chi connectivity index (χ1) is 10.6. The molecule has 2 heterocycles. The van der Waals surface area contributed by atoms with Gasteiger partial charge in [0.05, 0.1) is 0 Å². The van der Waals surface area contributed by atoms with Crippen molar-refractivity contribution >= 4 is 17.6 Å². The highest BCUT2D eigenvalue weighted by molar-refractivity contribution is 5.95. The first-order valence-corrected chi connectivity index (χ1v) is 7.82. The Hall–Kier alpha value is -2.11. The zero-order chi connectivity index (χ0) is 16.0. The predicted octanol–water partition coefficient (Wildman–Crippen LogP) is 1.09. The maximum atomic E-state index is 11.7. The van der Waals surface area contributed by atoms with Crippen LogP contribution < -0.4 is 11.1 Å². The molecule has 0 spiro atoms. The molecule has 1 atom stereocenters. The van der Waals surface area contributed by atoms with Gasteiger partial charge in [-0.3, -0.25) is 15.0 Å². The van der Waals surface area contributed by atoms with Gasteiger partial charge in [0.2, 0.25) is 11.8 Å². The number of nitrogens with zero attached hydrogens (tertiary/aromatic N) is 1. The molecule has 6 heteroatoms. The fourth-order valence-corrected chi connectivity index (χ4v) is 2.95. The van der Waals surface area contributed by atoms with Gasteiger partial charge in [-0.1, -0.05) is 24.3 Å². The first-order valence-electron chi connectivity index (χ1n) is 7.82. The van der Waals surface area contributed by atoms with Crippen LogP contribution in [-0.4, -0.2) is 41.2 Å². The molecule has 0 saturated carbocycles. The summed E-state index contributed by atoms with van der Waals surface area (Å²) in [6, 6.07) is 0. The number of nitrogens with one attached hydrogen (secondary N) is 2. The monoisotopic (exact) mass is 304 g/mol. The molecule has 120 valence electrons. The van der Waals surface area contributed by atoms with Gasteiger partial charge in [0.25, 0.3) is 0 Å². The Bertz CT molecular complexity index is 504. The number of amidine groups is 1. The van der Waals surface area contributed by atoms with Gasteiger partial charge < -0.3 is 16.0 Å². The van der Waals surface area contributed by atoms with Crippen LogP contribution in [0.25, 0.3) is 0 Å². The molecule has 0 aromatic carbocycles. The van der Waals surface area contributed by atoms with Crippen molar-refractivity contribution in [3.8, 4) is 0 Å². The smallest absolute Gasteiger partial charge is 0.223 e. The van der Waals surface area contributed by atoms with Crippen molar-refractivity contribution < 1.29 is 9.59 Å². The van der Waals surface area contributed by atoms with Gasteiger partial charge in [0.1, 0.15) is 11.4 Å². The summed E-state index contributed by atoms with van der Waals surface area (Å²) in [5.41, 5.74) is 4.96. The molecule has 22 heavy (non-hydrogen) atoms.